The summed E-state index contributed by atoms with van der Waals surface area (Å²) in [5.74, 6) is -1.23. The molecule has 0 spiro atoms. The lowest BCUT2D eigenvalue weighted by molar-refractivity contribution is 0.0689. The fraction of sp³-hybridized carbons (Fsp3) is 0.429. The molecule has 78 valence electrons. The molecule has 0 aliphatic carbocycles. The zero-order valence-electron chi connectivity index (χ0n) is 7.73. The van der Waals surface area contributed by atoms with Gasteiger partial charge in [-0.15, -0.1) is 0 Å². The number of carbonyl (C=O) groups is 1. The minimum atomic E-state index is -3.48. The van der Waals surface area contributed by atoms with E-state index in [2.05, 4.69) is 9.97 Å². The van der Waals surface area contributed by atoms with Gasteiger partial charge in [-0.2, -0.15) is 0 Å². The second kappa shape index (κ2) is 3.41. The summed E-state index contributed by atoms with van der Waals surface area (Å²) >= 11 is 0. The molecule has 0 aliphatic rings. The molecule has 0 atom stereocenters. The molecule has 1 aromatic heterocycles. The van der Waals surface area contributed by atoms with Gasteiger partial charge in [0.1, 0.15) is 0 Å². The molecule has 0 amide bonds. The molecule has 1 aromatic rings. The van der Waals surface area contributed by atoms with Crippen LogP contribution < -0.4 is 0 Å². The Labute approximate surface area is 80.9 Å². The first-order valence-corrected chi connectivity index (χ1v) is 5.77. The maximum absolute atomic E-state index is 11.1. The molecule has 1 rings (SSSR count). The number of sulfone groups is 1. The van der Waals surface area contributed by atoms with Gasteiger partial charge in [-0.1, -0.05) is 6.92 Å². The summed E-state index contributed by atoms with van der Waals surface area (Å²) in [6.07, 6.45) is 1.36. The normalized spacial score (nSPS) is 11.6. The zero-order chi connectivity index (χ0) is 10.9. The summed E-state index contributed by atoms with van der Waals surface area (Å²) in [5.41, 5.74) is 0.0888. The summed E-state index contributed by atoms with van der Waals surface area (Å²) in [7, 11) is -3.48. The van der Waals surface area contributed by atoms with Crippen LogP contribution >= 0.6 is 0 Å². The van der Waals surface area contributed by atoms with E-state index in [1.807, 2.05) is 0 Å². The van der Waals surface area contributed by atoms with Crippen LogP contribution in [0.5, 0.6) is 0 Å². The molecule has 0 fully saturated rings. The molecule has 14 heavy (non-hydrogen) atoms. The fourth-order valence-electron chi connectivity index (χ4n) is 0.994. The van der Waals surface area contributed by atoms with Crippen molar-refractivity contribution >= 4 is 15.8 Å². The van der Waals surface area contributed by atoms with Crippen LogP contribution in [0.15, 0.2) is 5.16 Å². The summed E-state index contributed by atoms with van der Waals surface area (Å²) in [6.45, 7) is 1.71. The first kappa shape index (κ1) is 10.7. The Morgan fingerprint density at radius 1 is 1.57 bits per heavy atom. The topological polar surface area (TPSA) is 100 Å². The average Bonchev–Trinajstić information content (AvgIpc) is 2.45. The van der Waals surface area contributed by atoms with Crippen molar-refractivity contribution in [1.29, 1.82) is 0 Å². The monoisotopic (exact) mass is 218 g/mol. The van der Waals surface area contributed by atoms with Gasteiger partial charge in [0, 0.05) is 6.26 Å². The predicted molar refractivity (Wildman–Crippen MR) is 48.0 cm³/mol. The summed E-state index contributed by atoms with van der Waals surface area (Å²) in [6, 6.07) is 0. The second-order valence-corrected chi connectivity index (χ2v) is 4.73. The van der Waals surface area contributed by atoms with Crippen LogP contribution in [0.25, 0.3) is 0 Å². The van der Waals surface area contributed by atoms with E-state index in [0.717, 1.165) is 6.26 Å². The highest BCUT2D eigenvalue weighted by atomic mass is 32.2. The number of aromatic amines is 1. The molecule has 0 aliphatic heterocycles. The Bertz CT molecular complexity index is 460. The van der Waals surface area contributed by atoms with Crippen molar-refractivity contribution in [3.63, 3.8) is 0 Å². The van der Waals surface area contributed by atoms with Crippen LogP contribution in [0.1, 0.15) is 23.1 Å². The molecule has 1 heterocycles. The highest BCUT2D eigenvalue weighted by Crippen LogP contribution is 2.11. The number of carboxylic acids is 1. The number of carboxylic acid groups (broad SMARTS) is 1. The second-order valence-electron chi connectivity index (χ2n) is 2.80. The van der Waals surface area contributed by atoms with Crippen LogP contribution in [-0.2, 0) is 16.3 Å². The van der Waals surface area contributed by atoms with Gasteiger partial charge in [0.15, 0.2) is 5.69 Å². The van der Waals surface area contributed by atoms with Crippen LogP contribution in [-0.4, -0.2) is 35.7 Å². The van der Waals surface area contributed by atoms with E-state index >= 15 is 0 Å². The van der Waals surface area contributed by atoms with E-state index in [-0.39, 0.29) is 10.9 Å². The Kier molecular flexibility index (Phi) is 2.61. The quantitative estimate of drug-likeness (QED) is 0.748. The lowest BCUT2D eigenvalue weighted by Gasteiger charge is -1.90. The fourth-order valence-corrected chi connectivity index (χ4v) is 1.56. The number of aromatic nitrogens is 2. The van der Waals surface area contributed by atoms with E-state index in [4.69, 9.17) is 5.11 Å². The van der Waals surface area contributed by atoms with Gasteiger partial charge in [-0.05, 0) is 6.42 Å². The minimum absolute atomic E-state index is 0.229. The molecule has 2 N–H and O–H groups in total. The standard InChI is InChI=1S/C7H10N2O4S/c1-3-4-5(6(10)11)9-7(8-4)14(2,12)13/h3H2,1-2H3,(H,8,9)(H,10,11). The van der Waals surface area contributed by atoms with Gasteiger partial charge >= 0.3 is 5.97 Å². The van der Waals surface area contributed by atoms with Gasteiger partial charge in [0.2, 0.25) is 15.0 Å². The van der Waals surface area contributed by atoms with E-state index in [1.165, 1.54) is 0 Å². The molecule has 0 saturated carbocycles. The number of H-pyrrole nitrogens is 1. The average molecular weight is 218 g/mol. The van der Waals surface area contributed by atoms with Gasteiger partial charge in [0.25, 0.3) is 0 Å². The Morgan fingerprint density at radius 3 is 2.43 bits per heavy atom. The summed E-state index contributed by atoms with van der Waals surface area (Å²) in [4.78, 5) is 16.6. The van der Waals surface area contributed by atoms with Crippen molar-refractivity contribution in [2.45, 2.75) is 18.5 Å². The number of rotatable bonds is 3. The minimum Gasteiger partial charge on any atom is -0.476 e. The largest absolute Gasteiger partial charge is 0.476 e. The molecule has 6 nitrogen and oxygen atoms in total. The van der Waals surface area contributed by atoms with E-state index < -0.39 is 15.8 Å². The Hall–Kier alpha value is -1.37. The molecular weight excluding hydrogens is 208 g/mol. The van der Waals surface area contributed by atoms with Crippen molar-refractivity contribution < 1.29 is 18.3 Å². The number of nitrogens with zero attached hydrogens (tertiary/aromatic N) is 1. The number of hydrogen-bond donors (Lipinski definition) is 2. The predicted octanol–water partition coefficient (Wildman–Crippen LogP) is 0.0738. The van der Waals surface area contributed by atoms with Gasteiger partial charge in [-0.25, -0.2) is 18.2 Å². The first-order valence-electron chi connectivity index (χ1n) is 3.88. The van der Waals surface area contributed by atoms with Crippen molar-refractivity contribution in [2.24, 2.45) is 0 Å². The molecule has 0 radical (unpaired) electrons. The van der Waals surface area contributed by atoms with E-state index in [9.17, 15) is 13.2 Å². The molecule has 0 bridgehead atoms. The molecule has 7 heteroatoms. The summed E-state index contributed by atoms with van der Waals surface area (Å²) < 4.78 is 22.1. The van der Waals surface area contributed by atoms with Gasteiger partial charge < -0.3 is 10.1 Å². The number of hydrogen-bond acceptors (Lipinski definition) is 4. The number of aryl methyl sites for hydroxylation is 1. The van der Waals surface area contributed by atoms with E-state index in [0.29, 0.717) is 12.1 Å². The van der Waals surface area contributed by atoms with Gasteiger partial charge in [0.05, 0.1) is 5.69 Å². The molecule has 0 saturated heterocycles. The third-order valence-corrected chi connectivity index (χ3v) is 2.56. The maximum atomic E-state index is 11.1. The summed E-state index contributed by atoms with van der Waals surface area (Å²) in [5, 5.41) is 8.40. The number of aromatic carboxylic acids is 1. The zero-order valence-corrected chi connectivity index (χ0v) is 8.55. The Balaban J connectivity index is 3.34. The SMILES string of the molecule is CCc1[nH]c(S(C)(=O)=O)nc1C(=O)O. The van der Waals surface area contributed by atoms with Crippen LogP contribution in [0.3, 0.4) is 0 Å². The van der Waals surface area contributed by atoms with Crippen molar-refractivity contribution in [3.8, 4) is 0 Å². The van der Waals surface area contributed by atoms with Crippen molar-refractivity contribution in [2.75, 3.05) is 6.26 Å². The van der Waals surface area contributed by atoms with Crippen LogP contribution in [0.2, 0.25) is 0 Å². The molecule has 0 unspecified atom stereocenters. The van der Waals surface area contributed by atoms with Gasteiger partial charge in [-0.3, -0.25) is 0 Å². The van der Waals surface area contributed by atoms with Crippen molar-refractivity contribution in [1.82, 2.24) is 9.97 Å². The first-order chi connectivity index (χ1) is 6.36. The maximum Gasteiger partial charge on any atom is 0.356 e. The van der Waals surface area contributed by atoms with E-state index in [1.54, 1.807) is 6.92 Å². The highest BCUT2D eigenvalue weighted by molar-refractivity contribution is 7.90. The Morgan fingerprint density at radius 2 is 2.14 bits per heavy atom. The number of nitrogens with one attached hydrogen (secondary N) is 1. The van der Waals surface area contributed by atoms with Crippen LogP contribution in [0.4, 0.5) is 0 Å². The molecule has 0 aromatic carbocycles. The van der Waals surface area contributed by atoms with Crippen molar-refractivity contribution in [3.05, 3.63) is 11.4 Å². The smallest absolute Gasteiger partial charge is 0.356 e. The highest BCUT2D eigenvalue weighted by Gasteiger charge is 2.20. The number of imidazole rings is 1. The lowest BCUT2D eigenvalue weighted by Crippen LogP contribution is -2.02. The third-order valence-electron chi connectivity index (χ3n) is 1.66. The van der Waals surface area contributed by atoms with Crippen LogP contribution in [0, 0.1) is 0 Å². The lowest BCUT2D eigenvalue weighted by atomic mass is 10.3. The third kappa shape index (κ3) is 1.92. The molecular formula is C7H10N2O4S.